The summed E-state index contributed by atoms with van der Waals surface area (Å²) in [6, 6.07) is 9.22. The van der Waals surface area contributed by atoms with Gasteiger partial charge in [-0.15, -0.1) is 12.4 Å². The number of halogens is 1. The highest BCUT2D eigenvalue weighted by atomic mass is 35.5. The summed E-state index contributed by atoms with van der Waals surface area (Å²) >= 11 is 0. The van der Waals surface area contributed by atoms with Gasteiger partial charge in [0, 0.05) is 6.42 Å². The third kappa shape index (κ3) is 7.04. The highest BCUT2D eigenvalue weighted by Crippen LogP contribution is 2.23. The molecule has 0 saturated carbocycles. The van der Waals surface area contributed by atoms with Crippen molar-refractivity contribution in [1.82, 2.24) is 10.6 Å². The quantitative estimate of drug-likeness (QED) is 0.726. The van der Waals surface area contributed by atoms with Crippen LogP contribution in [0.15, 0.2) is 30.3 Å². The van der Waals surface area contributed by atoms with Gasteiger partial charge in [0.1, 0.15) is 0 Å². The number of hydrogen-bond donors (Lipinski definition) is 2. The molecule has 1 amide bonds. The van der Waals surface area contributed by atoms with Crippen LogP contribution in [0.25, 0.3) is 0 Å². The van der Waals surface area contributed by atoms with Crippen molar-refractivity contribution >= 4 is 24.3 Å². The number of ether oxygens (including phenoxy) is 1. The van der Waals surface area contributed by atoms with Crippen LogP contribution >= 0.6 is 12.4 Å². The second-order valence-electron chi connectivity index (χ2n) is 6.60. The zero-order valence-corrected chi connectivity index (χ0v) is 15.8. The van der Waals surface area contributed by atoms with E-state index in [4.69, 9.17) is 4.74 Å². The maximum atomic E-state index is 12.5. The molecule has 25 heavy (non-hydrogen) atoms. The Bertz CT molecular complexity index is 533. The van der Waals surface area contributed by atoms with Crippen LogP contribution in [-0.2, 0) is 14.3 Å². The fourth-order valence-electron chi connectivity index (χ4n) is 3.26. The standard InChI is InChI=1S/C19H28N2O3.ClH/c1-14(16-9-6-10-20-13-16)11-18(22)21-17(12-19(23)24-2)15-7-4-3-5-8-15;/h3-5,7-8,14,16-17,20H,6,9-13H2,1-2H3,(H,21,22);1H. The van der Waals surface area contributed by atoms with Gasteiger partial charge in [0.05, 0.1) is 19.6 Å². The van der Waals surface area contributed by atoms with Gasteiger partial charge in [0.15, 0.2) is 0 Å². The summed E-state index contributed by atoms with van der Waals surface area (Å²) in [5, 5.41) is 6.40. The molecular formula is C19H29ClN2O3. The molecule has 140 valence electrons. The average Bonchev–Trinajstić information content (AvgIpc) is 2.62. The van der Waals surface area contributed by atoms with E-state index in [9.17, 15) is 9.59 Å². The van der Waals surface area contributed by atoms with Crippen molar-refractivity contribution in [3.8, 4) is 0 Å². The molecule has 3 unspecified atom stereocenters. The van der Waals surface area contributed by atoms with E-state index >= 15 is 0 Å². The van der Waals surface area contributed by atoms with E-state index in [-0.39, 0.29) is 36.7 Å². The van der Waals surface area contributed by atoms with E-state index in [1.807, 2.05) is 30.3 Å². The summed E-state index contributed by atoms with van der Waals surface area (Å²) in [5.41, 5.74) is 0.920. The zero-order valence-electron chi connectivity index (χ0n) is 15.0. The predicted octanol–water partition coefficient (Wildman–Crippen LogP) is 2.85. The van der Waals surface area contributed by atoms with Gasteiger partial charge in [-0.25, -0.2) is 0 Å². The first kappa shape index (κ1) is 21.5. The molecule has 1 aromatic carbocycles. The van der Waals surface area contributed by atoms with Gasteiger partial charge in [0.25, 0.3) is 0 Å². The van der Waals surface area contributed by atoms with Crippen LogP contribution in [0.1, 0.15) is 44.2 Å². The van der Waals surface area contributed by atoms with E-state index in [0.29, 0.717) is 18.3 Å². The molecule has 1 aliphatic heterocycles. The van der Waals surface area contributed by atoms with Crippen LogP contribution < -0.4 is 10.6 Å². The Labute approximate surface area is 156 Å². The van der Waals surface area contributed by atoms with E-state index in [1.165, 1.54) is 20.0 Å². The Kier molecular flexibility index (Phi) is 9.53. The number of esters is 1. The van der Waals surface area contributed by atoms with Crippen molar-refractivity contribution in [2.45, 2.75) is 38.6 Å². The highest BCUT2D eigenvalue weighted by molar-refractivity contribution is 5.85. The van der Waals surface area contributed by atoms with Gasteiger partial charge in [-0.1, -0.05) is 37.3 Å². The first-order valence-electron chi connectivity index (χ1n) is 8.72. The molecule has 1 aliphatic rings. The summed E-state index contributed by atoms with van der Waals surface area (Å²) in [6.45, 7) is 4.19. The third-order valence-corrected chi connectivity index (χ3v) is 4.78. The molecule has 0 radical (unpaired) electrons. The zero-order chi connectivity index (χ0) is 17.4. The van der Waals surface area contributed by atoms with E-state index in [0.717, 1.165) is 18.7 Å². The molecule has 6 heteroatoms. The topological polar surface area (TPSA) is 67.4 Å². The summed E-state index contributed by atoms with van der Waals surface area (Å²) < 4.78 is 4.76. The minimum absolute atomic E-state index is 0. The van der Waals surface area contributed by atoms with Crippen LogP contribution in [0.2, 0.25) is 0 Å². The molecule has 1 saturated heterocycles. The van der Waals surface area contributed by atoms with Gasteiger partial charge in [-0.2, -0.15) is 0 Å². The number of carbonyl (C=O) groups excluding carboxylic acids is 2. The second kappa shape index (κ2) is 11.1. The molecular weight excluding hydrogens is 340 g/mol. The van der Waals surface area contributed by atoms with Crippen molar-refractivity contribution in [3.05, 3.63) is 35.9 Å². The number of benzene rings is 1. The SMILES string of the molecule is COC(=O)CC(NC(=O)CC(C)C1CCCNC1)c1ccccc1.Cl. The Morgan fingerprint density at radius 1 is 1.28 bits per heavy atom. The van der Waals surface area contributed by atoms with Crippen molar-refractivity contribution in [3.63, 3.8) is 0 Å². The highest BCUT2D eigenvalue weighted by Gasteiger charge is 2.24. The molecule has 2 rings (SSSR count). The minimum atomic E-state index is -0.345. The molecule has 0 spiro atoms. The van der Waals surface area contributed by atoms with E-state index in [2.05, 4.69) is 17.6 Å². The Morgan fingerprint density at radius 3 is 2.60 bits per heavy atom. The smallest absolute Gasteiger partial charge is 0.307 e. The van der Waals surface area contributed by atoms with Gasteiger partial charge in [-0.3, -0.25) is 9.59 Å². The summed E-state index contributed by atoms with van der Waals surface area (Å²) in [6.07, 6.45) is 2.97. The van der Waals surface area contributed by atoms with Gasteiger partial charge < -0.3 is 15.4 Å². The molecule has 1 heterocycles. The van der Waals surface area contributed by atoms with Crippen molar-refractivity contribution in [2.75, 3.05) is 20.2 Å². The second-order valence-corrected chi connectivity index (χ2v) is 6.60. The first-order valence-corrected chi connectivity index (χ1v) is 8.72. The molecule has 1 fully saturated rings. The van der Waals surface area contributed by atoms with Crippen molar-refractivity contribution < 1.29 is 14.3 Å². The largest absolute Gasteiger partial charge is 0.469 e. The number of methoxy groups -OCH3 is 1. The molecule has 1 aromatic rings. The lowest BCUT2D eigenvalue weighted by Gasteiger charge is -2.28. The number of hydrogen-bond acceptors (Lipinski definition) is 4. The molecule has 0 aliphatic carbocycles. The first-order chi connectivity index (χ1) is 11.6. The fourth-order valence-corrected chi connectivity index (χ4v) is 3.26. The molecule has 0 aromatic heterocycles. The normalized spacial score (nSPS) is 19.2. The number of nitrogens with one attached hydrogen (secondary N) is 2. The number of carbonyl (C=O) groups is 2. The maximum Gasteiger partial charge on any atom is 0.307 e. The molecule has 5 nitrogen and oxygen atoms in total. The van der Waals surface area contributed by atoms with Gasteiger partial charge in [-0.05, 0) is 43.3 Å². The summed E-state index contributed by atoms with van der Waals surface area (Å²) in [4.78, 5) is 24.1. The number of amides is 1. The summed E-state index contributed by atoms with van der Waals surface area (Å²) in [5.74, 6) is 0.534. The lowest BCUT2D eigenvalue weighted by molar-refractivity contribution is -0.141. The molecule has 3 atom stereocenters. The van der Waals surface area contributed by atoms with Gasteiger partial charge >= 0.3 is 5.97 Å². The lowest BCUT2D eigenvalue weighted by atomic mass is 9.85. The van der Waals surface area contributed by atoms with Crippen molar-refractivity contribution in [2.24, 2.45) is 11.8 Å². The van der Waals surface area contributed by atoms with E-state index in [1.54, 1.807) is 0 Å². The van der Waals surface area contributed by atoms with Crippen LogP contribution in [0.4, 0.5) is 0 Å². The third-order valence-electron chi connectivity index (χ3n) is 4.78. The minimum Gasteiger partial charge on any atom is -0.469 e. The fraction of sp³-hybridized carbons (Fsp3) is 0.579. The summed E-state index contributed by atoms with van der Waals surface area (Å²) in [7, 11) is 1.37. The molecule has 0 bridgehead atoms. The lowest BCUT2D eigenvalue weighted by Crippen LogP contribution is -2.36. The maximum absolute atomic E-state index is 12.5. The van der Waals surface area contributed by atoms with Crippen LogP contribution in [-0.4, -0.2) is 32.1 Å². The number of piperidine rings is 1. The van der Waals surface area contributed by atoms with Crippen LogP contribution in [0, 0.1) is 11.8 Å². The van der Waals surface area contributed by atoms with E-state index < -0.39 is 0 Å². The average molecular weight is 369 g/mol. The monoisotopic (exact) mass is 368 g/mol. The Morgan fingerprint density at radius 2 is 2.00 bits per heavy atom. The molecule has 2 N–H and O–H groups in total. The van der Waals surface area contributed by atoms with Crippen molar-refractivity contribution in [1.29, 1.82) is 0 Å². The Hall–Kier alpha value is -1.59. The van der Waals surface area contributed by atoms with Gasteiger partial charge in [0.2, 0.25) is 5.91 Å². The number of rotatable bonds is 7. The van der Waals surface area contributed by atoms with Crippen LogP contribution in [0.5, 0.6) is 0 Å². The Balaban J connectivity index is 0.00000312. The predicted molar refractivity (Wildman–Crippen MR) is 101 cm³/mol. The van der Waals surface area contributed by atoms with Crippen LogP contribution in [0.3, 0.4) is 0 Å².